The van der Waals surface area contributed by atoms with Crippen molar-refractivity contribution in [1.82, 2.24) is 9.97 Å². The molecule has 3 heterocycles. The first-order valence-electron chi connectivity index (χ1n) is 12.0. The number of fused-ring (bicyclic) bond motifs is 1. The lowest BCUT2D eigenvalue weighted by molar-refractivity contribution is 0.0157. The maximum Gasteiger partial charge on any atom is 0.213 e. The number of pyridine rings is 2. The number of benzene rings is 1. The minimum atomic E-state index is 0.334. The Labute approximate surface area is 196 Å². The van der Waals surface area contributed by atoms with E-state index in [0.717, 1.165) is 79.0 Å². The number of para-hydroxylation sites is 1. The lowest BCUT2D eigenvalue weighted by Gasteiger charge is -2.21. The van der Waals surface area contributed by atoms with Gasteiger partial charge in [0.25, 0.3) is 0 Å². The maximum atomic E-state index is 6.16. The number of ether oxygens (including phenoxy) is 4. The number of hydrogen-bond acceptors (Lipinski definition) is 6. The Hall–Kier alpha value is -2.70. The van der Waals surface area contributed by atoms with Crippen LogP contribution in [0.5, 0.6) is 11.6 Å². The van der Waals surface area contributed by atoms with Crippen LogP contribution >= 0.6 is 0 Å². The Balaban J connectivity index is 1.40. The van der Waals surface area contributed by atoms with Gasteiger partial charge in [0.2, 0.25) is 5.88 Å². The average Bonchev–Trinajstić information content (AvgIpc) is 2.85. The van der Waals surface area contributed by atoms with E-state index in [4.69, 9.17) is 23.9 Å². The molecule has 0 atom stereocenters. The molecule has 176 valence electrons. The highest BCUT2D eigenvalue weighted by atomic mass is 16.5. The smallest absolute Gasteiger partial charge is 0.213 e. The molecule has 0 aliphatic carbocycles. The molecular formula is C27H34N2O4. The molecule has 3 aromatic rings. The summed E-state index contributed by atoms with van der Waals surface area (Å²) in [7, 11) is 0. The van der Waals surface area contributed by atoms with Crippen LogP contribution in [0.3, 0.4) is 0 Å². The van der Waals surface area contributed by atoms with Crippen molar-refractivity contribution in [3.05, 3.63) is 59.4 Å². The van der Waals surface area contributed by atoms with Crippen LogP contribution in [-0.2, 0) is 22.7 Å². The Morgan fingerprint density at radius 1 is 1.06 bits per heavy atom. The van der Waals surface area contributed by atoms with Gasteiger partial charge in [0.15, 0.2) is 0 Å². The van der Waals surface area contributed by atoms with Crippen molar-refractivity contribution in [1.29, 1.82) is 0 Å². The highest BCUT2D eigenvalue weighted by molar-refractivity contribution is 5.86. The SMILES string of the molecule is CCCCOc1c(C)c(COc2cc(COCC3CCOCC3)ccn2)nc2ccccc12. The van der Waals surface area contributed by atoms with Gasteiger partial charge in [-0.3, -0.25) is 0 Å². The molecule has 0 saturated carbocycles. The van der Waals surface area contributed by atoms with E-state index in [1.807, 2.05) is 37.3 Å². The minimum absolute atomic E-state index is 0.334. The van der Waals surface area contributed by atoms with Crippen LogP contribution in [0.15, 0.2) is 42.6 Å². The Kier molecular flexibility index (Phi) is 8.50. The number of nitrogens with zero attached hydrogens (tertiary/aromatic N) is 2. The fourth-order valence-electron chi connectivity index (χ4n) is 3.99. The maximum absolute atomic E-state index is 6.16. The van der Waals surface area contributed by atoms with Crippen molar-refractivity contribution in [3.63, 3.8) is 0 Å². The first-order chi connectivity index (χ1) is 16.2. The van der Waals surface area contributed by atoms with Crippen LogP contribution in [0.1, 0.15) is 49.4 Å². The summed E-state index contributed by atoms with van der Waals surface area (Å²) in [5.41, 5.74) is 3.85. The molecule has 1 saturated heterocycles. The van der Waals surface area contributed by atoms with Crippen molar-refractivity contribution in [2.45, 2.75) is 52.7 Å². The molecule has 6 nitrogen and oxygen atoms in total. The normalized spacial score (nSPS) is 14.5. The molecule has 6 heteroatoms. The molecule has 0 bridgehead atoms. The van der Waals surface area contributed by atoms with Gasteiger partial charge in [-0.15, -0.1) is 0 Å². The molecule has 1 aliphatic heterocycles. The number of hydrogen-bond donors (Lipinski definition) is 0. The summed E-state index contributed by atoms with van der Waals surface area (Å²) >= 11 is 0. The van der Waals surface area contributed by atoms with E-state index >= 15 is 0 Å². The van der Waals surface area contributed by atoms with E-state index in [2.05, 4.69) is 18.0 Å². The van der Waals surface area contributed by atoms with E-state index in [1.165, 1.54) is 0 Å². The summed E-state index contributed by atoms with van der Waals surface area (Å²) in [6, 6.07) is 12.0. The van der Waals surface area contributed by atoms with E-state index < -0.39 is 0 Å². The molecule has 0 amide bonds. The summed E-state index contributed by atoms with van der Waals surface area (Å²) in [5, 5.41) is 1.04. The standard InChI is InChI=1S/C27H34N2O4/c1-3-4-13-32-27-20(2)25(29-24-8-6-5-7-23(24)27)19-33-26-16-22(9-12-28-26)18-31-17-21-10-14-30-15-11-21/h5-9,12,16,21H,3-4,10-11,13-15,17-19H2,1-2H3. The summed E-state index contributed by atoms with van der Waals surface area (Å²) in [6.45, 7) is 8.25. The highest BCUT2D eigenvalue weighted by Crippen LogP contribution is 2.31. The summed E-state index contributed by atoms with van der Waals surface area (Å²) in [6.07, 6.45) is 6.04. The predicted molar refractivity (Wildman–Crippen MR) is 129 cm³/mol. The molecule has 33 heavy (non-hydrogen) atoms. The predicted octanol–water partition coefficient (Wildman–Crippen LogP) is 5.64. The van der Waals surface area contributed by atoms with Crippen LogP contribution < -0.4 is 9.47 Å². The second kappa shape index (κ2) is 12.0. The highest BCUT2D eigenvalue weighted by Gasteiger charge is 2.15. The Morgan fingerprint density at radius 3 is 2.76 bits per heavy atom. The molecule has 4 rings (SSSR count). The summed E-state index contributed by atoms with van der Waals surface area (Å²) < 4.78 is 23.6. The molecule has 0 spiro atoms. The first-order valence-corrected chi connectivity index (χ1v) is 12.0. The average molecular weight is 451 g/mol. The molecule has 1 aromatic carbocycles. The van der Waals surface area contributed by atoms with E-state index in [9.17, 15) is 0 Å². The molecule has 0 unspecified atom stereocenters. The zero-order valence-electron chi connectivity index (χ0n) is 19.7. The van der Waals surface area contributed by atoms with Gasteiger partial charge >= 0.3 is 0 Å². The molecule has 0 N–H and O–H groups in total. The second-order valence-corrected chi connectivity index (χ2v) is 8.59. The number of rotatable bonds is 11. The van der Waals surface area contributed by atoms with Crippen molar-refractivity contribution < 1.29 is 18.9 Å². The van der Waals surface area contributed by atoms with Gasteiger partial charge in [-0.2, -0.15) is 0 Å². The third-order valence-corrected chi connectivity index (χ3v) is 6.04. The van der Waals surface area contributed by atoms with Gasteiger partial charge in [0.05, 0.1) is 31.0 Å². The molecule has 1 fully saturated rings. The van der Waals surface area contributed by atoms with Crippen LogP contribution in [0.4, 0.5) is 0 Å². The third-order valence-electron chi connectivity index (χ3n) is 6.04. The zero-order valence-corrected chi connectivity index (χ0v) is 19.7. The van der Waals surface area contributed by atoms with Crippen molar-refractivity contribution >= 4 is 10.9 Å². The lowest BCUT2D eigenvalue weighted by atomic mass is 10.0. The largest absolute Gasteiger partial charge is 0.493 e. The fourth-order valence-corrected chi connectivity index (χ4v) is 3.99. The summed E-state index contributed by atoms with van der Waals surface area (Å²) in [4.78, 5) is 9.21. The molecule has 1 aliphatic rings. The third kappa shape index (κ3) is 6.42. The monoisotopic (exact) mass is 450 g/mol. The van der Waals surface area contributed by atoms with Gasteiger partial charge in [0.1, 0.15) is 12.4 Å². The first kappa shape index (κ1) is 23.5. The van der Waals surface area contributed by atoms with Gasteiger partial charge in [-0.05, 0) is 55.9 Å². The molecule has 0 radical (unpaired) electrons. The van der Waals surface area contributed by atoms with Gasteiger partial charge in [-0.25, -0.2) is 9.97 Å². The van der Waals surface area contributed by atoms with Crippen molar-refractivity contribution in [3.8, 4) is 11.6 Å². The number of aromatic nitrogens is 2. The van der Waals surface area contributed by atoms with Crippen LogP contribution in [0.2, 0.25) is 0 Å². The topological polar surface area (TPSA) is 62.7 Å². The van der Waals surface area contributed by atoms with Crippen LogP contribution in [-0.4, -0.2) is 36.4 Å². The quantitative estimate of drug-likeness (QED) is 0.352. The van der Waals surface area contributed by atoms with Gasteiger partial charge in [0, 0.05) is 36.4 Å². The summed E-state index contributed by atoms with van der Waals surface area (Å²) in [5.74, 6) is 2.06. The van der Waals surface area contributed by atoms with Gasteiger partial charge < -0.3 is 18.9 Å². The van der Waals surface area contributed by atoms with E-state index in [0.29, 0.717) is 31.6 Å². The van der Waals surface area contributed by atoms with Crippen molar-refractivity contribution in [2.24, 2.45) is 5.92 Å². The van der Waals surface area contributed by atoms with Crippen molar-refractivity contribution in [2.75, 3.05) is 26.4 Å². The molecule has 2 aromatic heterocycles. The van der Waals surface area contributed by atoms with Gasteiger partial charge in [-0.1, -0.05) is 25.5 Å². The van der Waals surface area contributed by atoms with E-state index in [-0.39, 0.29) is 0 Å². The lowest BCUT2D eigenvalue weighted by Crippen LogP contribution is -2.20. The fraction of sp³-hybridized carbons (Fsp3) is 0.481. The zero-order chi connectivity index (χ0) is 22.9. The Bertz CT molecular complexity index is 1030. The number of unbranched alkanes of at least 4 members (excludes halogenated alkanes) is 1. The second-order valence-electron chi connectivity index (χ2n) is 8.59. The van der Waals surface area contributed by atoms with Crippen LogP contribution in [0, 0.1) is 12.8 Å². The minimum Gasteiger partial charge on any atom is -0.493 e. The molecular weight excluding hydrogens is 416 g/mol. The Morgan fingerprint density at radius 2 is 1.91 bits per heavy atom. The van der Waals surface area contributed by atoms with Crippen LogP contribution in [0.25, 0.3) is 10.9 Å². The van der Waals surface area contributed by atoms with E-state index in [1.54, 1.807) is 6.20 Å².